The Morgan fingerprint density at radius 2 is 1.91 bits per heavy atom. The highest BCUT2D eigenvalue weighted by Gasteiger charge is 2.19. The number of pyridine rings is 2. The van der Waals surface area contributed by atoms with E-state index in [-0.39, 0.29) is 15.7 Å². The van der Waals surface area contributed by atoms with Crippen LogP contribution in [0.3, 0.4) is 0 Å². The number of furan rings is 1. The molecule has 4 rings (SSSR count). The number of methoxy groups -OCH3 is 1. The van der Waals surface area contributed by atoms with Crippen molar-refractivity contribution < 1.29 is 18.8 Å². The van der Waals surface area contributed by atoms with Crippen molar-refractivity contribution in [3.63, 3.8) is 0 Å². The molecule has 10 heteroatoms. The second-order valence-electron chi connectivity index (χ2n) is 6.82. The number of benzene rings is 1. The average molecular weight is 485 g/mol. The predicted molar refractivity (Wildman–Crippen MR) is 126 cm³/mol. The van der Waals surface area contributed by atoms with E-state index in [1.807, 2.05) is 12.1 Å². The fourth-order valence-electron chi connectivity index (χ4n) is 3.09. The molecular weight excluding hydrogens is 467 g/mol. The number of fused-ring (bicyclic) bond motifs is 1. The van der Waals surface area contributed by atoms with Crippen LogP contribution >= 0.6 is 23.2 Å². The summed E-state index contributed by atoms with van der Waals surface area (Å²) < 4.78 is 11.3. The lowest BCUT2D eigenvalue weighted by atomic mass is 10.1. The van der Waals surface area contributed by atoms with Crippen LogP contribution < -0.4 is 10.1 Å². The molecule has 0 saturated heterocycles. The summed E-state index contributed by atoms with van der Waals surface area (Å²) >= 11 is 12.2. The van der Waals surface area contributed by atoms with Gasteiger partial charge in [-0.1, -0.05) is 28.4 Å². The first-order valence-electron chi connectivity index (χ1n) is 9.79. The molecule has 0 unspecified atom stereocenters. The van der Waals surface area contributed by atoms with E-state index in [9.17, 15) is 4.79 Å². The van der Waals surface area contributed by atoms with E-state index < -0.39 is 5.91 Å². The summed E-state index contributed by atoms with van der Waals surface area (Å²) in [7, 11) is 1.53. The fraction of sp³-hybridized carbons (Fsp3) is 0.130. The molecular formula is C23H18Cl2N4O4. The van der Waals surface area contributed by atoms with Crippen LogP contribution in [0.2, 0.25) is 10.0 Å². The van der Waals surface area contributed by atoms with Gasteiger partial charge in [0, 0.05) is 36.6 Å². The Labute approximate surface area is 199 Å². The van der Waals surface area contributed by atoms with E-state index >= 15 is 0 Å². The number of anilines is 1. The minimum Gasteiger partial charge on any atom is -0.493 e. The summed E-state index contributed by atoms with van der Waals surface area (Å²) in [4.78, 5) is 26.1. The molecule has 0 aliphatic carbocycles. The van der Waals surface area contributed by atoms with Gasteiger partial charge in [0.25, 0.3) is 5.91 Å². The number of oxime groups is 1. The van der Waals surface area contributed by atoms with Crippen molar-refractivity contribution in [1.29, 1.82) is 0 Å². The second-order valence-corrected chi connectivity index (χ2v) is 7.64. The number of nitrogens with zero attached hydrogens (tertiary/aromatic N) is 3. The van der Waals surface area contributed by atoms with Gasteiger partial charge in [-0.05, 0) is 35.9 Å². The Morgan fingerprint density at radius 1 is 1.15 bits per heavy atom. The second kappa shape index (κ2) is 10.3. The third-order valence-electron chi connectivity index (χ3n) is 4.68. The van der Waals surface area contributed by atoms with Crippen LogP contribution in [0, 0.1) is 0 Å². The highest BCUT2D eigenvalue weighted by molar-refractivity contribution is 6.39. The largest absolute Gasteiger partial charge is 0.493 e. The standard InChI is InChI=1S/C23H18Cl2N4O4/c1-31-20-3-2-16(23(30)29-21-18(24)11-27-12-19(21)25)17-10-15(33-22(17)20)6-9-28-32-13-14-4-7-26-8-5-14/h2-5,7-12H,6,13H2,1H3,(H,27,29,30)/b28-9-. The molecule has 0 aliphatic rings. The quantitative estimate of drug-likeness (QED) is 0.260. The van der Waals surface area contributed by atoms with Crippen molar-refractivity contribution in [1.82, 2.24) is 9.97 Å². The molecule has 3 aromatic heterocycles. The van der Waals surface area contributed by atoms with Crippen LogP contribution in [0.25, 0.3) is 11.0 Å². The van der Waals surface area contributed by atoms with Crippen LogP contribution in [-0.2, 0) is 17.9 Å². The van der Waals surface area contributed by atoms with E-state index in [0.717, 1.165) is 5.56 Å². The third kappa shape index (κ3) is 5.24. The smallest absolute Gasteiger partial charge is 0.256 e. The maximum atomic E-state index is 13.0. The number of rotatable bonds is 8. The van der Waals surface area contributed by atoms with Gasteiger partial charge in [-0.2, -0.15) is 0 Å². The lowest BCUT2D eigenvalue weighted by Crippen LogP contribution is -2.13. The number of aromatic nitrogens is 2. The minimum atomic E-state index is -0.403. The van der Waals surface area contributed by atoms with Gasteiger partial charge in [0.15, 0.2) is 11.3 Å². The number of nitrogens with one attached hydrogen (secondary N) is 1. The molecule has 0 aliphatic heterocycles. The van der Waals surface area contributed by atoms with E-state index in [1.165, 1.54) is 19.5 Å². The highest BCUT2D eigenvalue weighted by Crippen LogP contribution is 2.34. The number of amides is 1. The summed E-state index contributed by atoms with van der Waals surface area (Å²) in [5.41, 5.74) is 2.05. The predicted octanol–water partition coefficient (Wildman–Crippen LogP) is 5.54. The fourth-order valence-corrected chi connectivity index (χ4v) is 3.55. The molecule has 0 bridgehead atoms. The van der Waals surface area contributed by atoms with Gasteiger partial charge in [-0.25, -0.2) is 0 Å². The SMILES string of the molecule is COc1ccc(C(=O)Nc2c(Cl)cncc2Cl)c2cc(C/C=N\OCc3ccncc3)oc12. The Balaban J connectivity index is 1.52. The van der Waals surface area contributed by atoms with Crippen molar-refractivity contribution in [2.45, 2.75) is 13.0 Å². The number of ether oxygens (including phenoxy) is 1. The first-order chi connectivity index (χ1) is 16.1. The Bertz CT molecular complexity index is 1290. The van der Waals surface area contributed by atoms with Crippen LogP contribution in [0.1, 0.15) is 21.7 Å². The van der Waals surface area contributed by atoms with E-state index in [4.69, 9.17) is 37.2 Å². The van der Waals surface area contributed by atoms with E-state index in [1.54, 1.807) is 36.8 Å². The lowest BCUT2D eigenvalue weighted by molar-refractivity contribution is 0.102. The lowest BCUT2D eigenvalue weighted by Gasteiger charge is -2.10. The molecule has 4 aromatic rings. The molecule has 0 atom stereocenters. The first kappa shape index (κ1) is 22.6. The molecule has 3 heterocycles. The van der Waals surface area contributed by atoms with E-state index in [2.05, 4.69) is 20.4 Å². The van der Waals surface area contributed by atoms with Gasteiger partial charge in [-0.15, -0.1) is 0 Å². The summed E-state index contributed by atoms with van der Waals surface area (Å²) in [6, 6.07) is 8.76. The Hall–Kier alpha value is -3.62. The molecule has 1 amide bonds. The molecule has 0 saturated carbocycles. The molecule has 8 nitrogen and oxygen atoms in total. The zero-order chi connectivity index (χ0) is 23.2. The molecule has 168 valence electrons. The number of carbonyl (C=O) groups excluding carboxylic acids is 1. The Morgan fingerprint density at radius 3 is 2.64 bits per heavy atom. The van der Waals surface area contributed by atoms with Crippen molar-refractivity contribution in [2.24, 2.45) is 5.16 Å². The summed E-state index contributed by atoms with van der Waals surface area (Å²) in [5, 5.41) is 7.73. The van der Waals surface area contributed by atoms with Gasteiger partial charge in [0.1, 0.15) is 12.4 Å². The number of carbonyl (C=O) groups is 1. The van der Waals surface area contributed by atoms with Crippen molar-refractivity contribution >= 4 is 52.0 Å². The summed E-state index contributed by atoms with van der Waals surface area (Å²) in [6.07, 6.45) is 8.12. The van der Waals surface area contributed by atoms with E-state index in [0.29, 0.717) is 41.1 Å². The zero-order valence-corrected chi connectivity index (χ0v) is 18.9. The molecule has 0 radical (unpaired) electrons. The van der Waals surface area contributed by atoms with Crippen molar-refractivity contribution in [2.75, 3.05) is 12.4 Å². The number of hydrogen-bond acceptors (Lipinski definition) is 7. The number of hydrogen-bond donors (Lipinski definition) is 1. The van der Waals surface area contributed by atoms with Gasteiger partial charge in [-0.3, -0.25) is 14.8 Å². The van der Waals surface area contributed by atoms with Gasteiger partial charge < -0.3 is 19.3 Å². The van der Waals surface area contributed by atoms with Crippen molar-refractivity contribution in [3.8, 4) is 5.75 Å². The van der Waals surface area contributed by atoms with Crippen molar-refractivity contribution in [3.05, 3.63) is 82.1 Å². The normalized spacial score (nSPS) is 11.1. The maximum Gasteiger partial charge on any atom is 0.256 e. The summed E-state index contributed by atoms with van der Waals surface area (Å²) in [5.74, 6) is 0.679. The first-order valence-corrected chi connectivity index (χ1v) is 10.5. The molecule has 33 heavy (non-hydrogen) atoms. The van der Waals surface area contributed by atoms with Crippen LogP contribution in [0.15, 0.2) is 64.7 Å². The van der Waals surface area contributed by atoms with Crippen LogP contribution in [0.4, 0.5) is 5.69 Å². The molecule has 1 aromatic carbocycles. The third-order valence-corrected chi connectivity index (χ3v) is 5.25. The average Bonchev–Trinajstić information content (AvgIpc) is 3.25. The number of halogens is 2. The summed E-state index contributed by atoms with van der Waals surface area (Å²) in [6.45, 7) is 0.331. The maximum absolute atomic E-state index is 13.0. The van der Waals surface area contributed by atoms with Crippen LogP contribution in [0.5, 0.6) is 5.75 Å². The topological polar surface area (TPSA) is 98.8 Å². The zero-order valence-electron chi connectivity index (χ0n) is 17.4. The molecule has 1 N–H and O–H groups in total. The van der Waals surface area contributed by atoms with Crippen LogP contribution in [-0.4, -0.2) is 29.2 Å². The molecule has 0 spiro atoms. The Kier molecular flexibility index (Phi) is 7.07. The molecule has 0 fully saturated rings. The van der Waals surface area contributed by atoms with Gasteiger partial charge in [0.05, 0.1) is 34.6 Å². The minimum absolute atomic E-state index is 0.233. The highest BCUT2D eigenvalue weighted by atomic mass is 35.5. The monoisotopic (exact) mass is 484 g/mol. The van der Waals surface area contributed by atoms with Gasteiger partial charge >= 0.3 is 0 Å². The van der Waals surface area contributed by atoms with Gasteiger partial charge in [0.2, 0.25) is 0 Å².